The Morgan fingerprint density at radius 2 is 1.22 bits per heavy atom. The summed E-state index contributed by atoms with van der Waals surface area (Å²) in [7, 11) is -0.637. The van der Waals surface area contributed by atoms with Crippen LogP contribution in [0.2, 0.25) is 0 Å². The zero-order chi connectivity index (χ0) is 17.0. The minimum atomic E-state index is -0.637. The molecule has 2 aromatic carbocycles. The van der Waals surface area contributed by atoms with Crippen LogP contribution in [0, 0.1) is 0 Å². The van der Waals surface area contributed by atoms with Crippen LogP contribution < -0.4 is 0 Å². The fourth-order valence-corrected chi connectivity index (χ4v) is 8.21. The first kappa shape index (κ1) is 23.0. The van der Waals surface area contributed by atoms with Crippen molar-refractivity contribution in [1.82, 2.24) is 0 Å². The van der Waals surface area contributed by atoms with Crippen LogP contribution >= 0.6 is 63.7 Å². The van der Waals surface area contributed by atoms with E-state index in [1.54, 1.807) is 0 Å². The number of hydrogen-bond donors (Lipinski definition) is 0. The molecular weight excluding hydrogens is 830 g/mol. The first-order valence-electron chi connectivity index (χ1n) is 7.79. The normalized spacial score (nSPS) is 11.1. The van der Waals surface area contributed by atoms with Crippen LogP contribution in [-0.2, 0) is 27.4 Å². The van der Waals surface area contributed by atoms with E-state index in [0.29, 0.717) is 0 Å². The van der Waals surface area contributed by atoms with Crippen molar-refractivity contribution in [3.63, 3.8) is 0 Å². The second-order valence-electron chi connectivity index (χ2n) is 5.36. The molecule has 0 aliphatic rings. The average molecular weight is 853 g/mol. The number of benzene rings is 2. The van der Waals surface area contributed by atoms with Crippen molar-refractivity contribution >= 4 is 63.7 Å². The van der Waals surface area contributed by atoms with Crippen LogP contribution in [-0.4, -0.2) is 5.75 Å². The van der Waals surface area contributed by atoms with Gasteiger partial charge in [-0.2, -0.15) is 7.20 Å². The van der Waals surface area contributed by atoms with Gasteiger partial charge in [0, 0.05) is 11.5 Å². The van der Waals surface area contributed by atoms with E-state index in [4.69, 9.17) is 0 Å². The van der Waals surface area contributed by atoms with E-state index in [1.165, 1.54) is 41.2 Å². The van der Waals surface area contributed by atoms with Gasteiger partial charge in [-0.05, 0) is 44.5 Å². The summed E-state index contributed by atoms with van der Waals surface area (Å²) >= 11 is 7.64. The van der Waals surface area contributed by atoms with Crippen LogP contribution in [0.4, 0.5) is 0 Å². The molecule has 0 nitrogen and oxygen atoms in total. The van der Waals surface area contributed by atoms with Crippen LogP contribution in [0.5, 0.6) is 0 Å². The van der Waals surface area contributed by atoms with E-state index in [9.17, 15) is 0 Å². The van der Waals surface area contributed by atoms with Crippen LogP contribution in [0.15, 0.2) is 60.7 Å². The van der Waals surface area contributed by atoms with E-state index in [2.05, 4.69) is 124 Å². The quantitative estimate of drug-likeness (QED) is 0.195. The molecule has 23 heavy (non-hydrogen) atoms. The summed E-state index contributed by atoms with van der Waals surface area (Å²) in [6.45, 7) is 2.29. The van der Waals surface area contributed by atoms with Gasteiger partial charge in [0.25, 0.3) is 0 Å². The van der Waals surface area contributed by atoms with Crippen molar-refractivity contribution in [2.75, 3.05) is 5.75 Å². The topological polar surface area (TPSA) is 0 Å². The number of halogens is 3. The molecule has 0 saturated heterocycles. The molecule has 0 fully saturated rings. The number of unbranched alkanes of at least 4 members (excludes halogenated alkanes) is 1. The van der Waals surface area contributed by atoms with Crippen molar-refractivity contribution in [3.8, 4) is 0 Å². The molecule has 0 unspecified atom stereocenters. The maximum atomic E-state index is 2.79. The van der Waals surface area contributed by atoms with E-state index in [1.807, 2.05) is 0 Å². The molecular formula is C18H23HgI3S. The first-order chi connectivity index (χ1) is 11.1. The van der Waals surface area contributed by atoms with Gasteiger partial charge < -0.3 is 0 Å². The number of hydrogen-bond acceptors (Lipinski definition) is 0. The molecule has 124 valence electrons. The Bertz CT molecular complexity index is 481. The molecule has 0 amide bonds. The molecule has 0 atom stereocenters. The molecule has 0 N–H and O–H groups in total. The Hall–Kier alpha value is 1.92. The second-order valence-corrected chi connectivity index (χ2v) is 53.6. The Labute approximate surface area is 185 Å². The van der Waals surface area contributed by atoms with Crippen molar-refractivity contribution in [2.45, 2.75) is 31.3 Å². The van der Waals surface area contributed by atoms with E-state index >= 15 is 0 Å². The molecule has 0 bridgehead atoms. The van der Waals surface area contributed by atoms with Crippen molar-refractivity contribution in [1.29, 1.82) is 0 Å². The predicted molar refractivity (Wildman–Crippen MR) is 130 cm³/mol. The summed E-state index contributed by atoms with van der Waals surface area (Å²) < 4.78 is 0. The fraction of sp³-hybridized carbons (Fsp3) is 0.333. The number of rotatable bonds is 7. The van der Waals surface area contributed by atoms with Gasteiger partial charge in [0.15, 0.2) is 0 Å². The molecule has 2 rings (SSSR count). The van der Waals surface area contributed by atoms with Crippen molar-refractivity contribution in [2.24, 2.45) is 0 Å². The van der Waals surface area contributed by atoms with E-state index in [-0.39, 0.29) is 15.9 Å². The third-order valence-corrected chi connectivity index (χ3v) is 9.31. The van der Waals surface area contributed by atoms with Gasteiger partial charge in [0.1, 0.15) is 0 Å². The summed E-state index contributed by atoms with van der Waals surface area (Å²) in [4.78, 5) is 0. The molecule has 5 heteroatoms. The third kappa shape index (κ3) is 10.6. The molecule has 0 heterocycles. The Morgan fingerprint density at radius 3 is 1.57 bits per heavy atom. The summed E-state index contributed by atoms with van der Waals surface area (Å²) in [5.74, 6) is 3.85. The molecule has 0 aliphatic carbocycles. The van der Waals surface area contributed by atoms with Gasteiger partial charge >= 0.3 is 51.2 Å². The third-order valence-electron chi connectivity index (χ3n) is 3.40. The summed E-state index contributed by atoms with van der Waals surface area (Å²) in [6.07, 6.45) is 2.64. The zero-order valence-corrected chi connectivity index (χ0v) is 26.3. The van der Waals surface area contributed by atoms with Gasteiger partial charge in [-0.3, -0.25) is 0 Å². The predicted octanol–water partition coefficient (Wildman–Crippen LogP) is 8.11. The first-order valence-corrected chi connectivity index (χ1v) is 43.4. The molecule has 0 aliphatic heterocycles. The maximum absolute atomic E-state index is 2.79. The van der Waals surface area contributed by atoms with Crippen molar-refractivity contribution < 1.29 is 15.9 Å². The molecule has 0 radical (unpaired) electrons. The monoisotopic (exact) mass is 854 g/mol. The molecule has 0 aromatic heterocycles. The molecule has 0 spiro atoms. The fourth-order valence-electron chi connectivity index (χ4n) is 2.34. The summed E-state index contributed by atoms with van der Waals surface area (Å²) in [5, 5.41) is 0. The summed E-state index contributed by atoms with van der Waals surface area (Å²) in [6, 6.07) is 22.0. The van der Waals surface area contributed by atoms with Gasteiger partial charge in [0.05, 0.1) is 0 Å². The zero-order valence-electron chi connectivity index (χ0n) is 13.6. The Morgan fingerprint density at radius 1 is 0.826 bits per heavy atom. The SMILES string of the molecule is CCCCS(I)(Cc1ccccc1)Cc1ccccc1.[I][Hg][I]. The van der Waals surface area contributed by atoms with Gasteiger partial charge in [-0.25, -0.2) is 0 Å². The average Bonchev–Trinajstić information content (AvgIpc) is 2.55. The van der Waals surface area contributed by atoms with E-state index < -0.39 is 7.20 Å². The van der Waals surface area contributed by atoms with E-state index in [0.717, 1.165) is 0 Å². The molecule has 0 saturated carbocycles. The van der Waals surface area contributed by atoms with Crippen LogP contribution in [0.25, 0.3) is 0 Å². The summed E-state index contributed by atoms with van der Waals surface area (Å²) in [5.41, 5.74) is 2.98. The second kappa shape index (κ2) is 14.0. The van der Waals surface area contributed by atoms with Gasteiger partial charge in [-0.1, -0.05) is 74.0 Å². The minimum absolute atomic E-state index is 0.143. The van der Waals surface area contributed by atoms with Gasteiger partial charge in [0.2, 0.25) is 0 Å². The van der Waals surface area contributed by atoms with Crippen LogP contribution in [0.3, 0.4) is 0 Å². The Balaban J connectivity index is 0.000000816. The van der Waals surface area contributed by atoms with Gasteiger partial charge in [-0.15, -0.1) is 0 Å². The Kier molecular flexibility index (Phi) is 14.0. The standard InChI is InChI=1S/C18H23IS.Hg.2HI/c1-2-3-14-20(19,15-17-10-6-4-7-11-17)16-18-12-8-5-9-13-18;;;/h4-13H,2-3,14-16H2,1H3;;2*1H/q;+2;;/p-2. The van der Waals surface area contributed by atoms with Crippen molar-refractivity contribution in [3.05, 3.63) is 71.8 Å². The van der Waals surface area contributed by atoms with Crippen LogP contribution in [0.1, 0.15) is 30.9 Å². The molecule has 2 aromatic rings.